The van der Waals surface area contributed by atoms with Crippen LogP contribution in [-0.2, 0) is 23.6 Å². The fraction of sp³-hybridized carbons (Fsp3) is 0.450. The van der Waals surface area contributed by atoms with Crippen molar-refractivity contribution in [1.82, 2.24) is 14.2 Å². The molecule has 0 aliphatic heterocycles. The Bertz CT molecular complexity index is 898. The van der Waals surface area contributed by atoms with Crippen molar-refractivity contribution >= 4 is 15.9 Å². The van der Waals surface area contributed by atoms with E-state index < -0.39 is 10.0 Å². The monoisotopic (exact) mass is 407 g/mol. The lowest BCUT2D eigenvalue weighted by Crippen LogP contribution is -2.30. The summed E-state index contributed by atoms with van der Waals surface area (Å²) in [6.07, 6.45) is 1.57. The van der Waals surface area contributed by atoms with Gasteiger partial charge in [0.2, 0.25) is 10.0 Å². The second-order valence-electron chi connectivity index (χ2n) is 6.75. The van der Waals surface area contributed by atoms with Gasteiger partial charge in [-0.15, -0.1) is 0 Å². The fourth-order valence-electron chi connectivity index (χ4n) is 2.84. The number of aromatic nitrogens is 1. The van der Waals surface area contributed by atoms with E-state index in [1.165, 1.54) is 21.1 Å². The maximum atomic E-state index is 12.6. The number of amides is 1. The summed E-state index contributed by atoms with van der Waals surface area (Å²) in [5, 5.41) is 2.83. The average molecular weight is 408 g/mol. The van der Waals surface area contributed by atoms with Crippen LogP contribution in [0.1, 0.15) is 43.7 Å². The zero-order valence-corrected chi connectivity index (χ0v) is 17.9. The van der Waals surface area contributed by atoms with Crippen molar-refractivity contribution in [3.8, 4) is 5.75 Å². The van der Waals surface area contributed by atoms with Crippen molar-refractivity contribution in [1.29, 1.82) is 0 Å². The molecule has 0 bridgehead atoms. The number of rotatable bonds is 9. The Labute approximate surface area is 167 Å². The Kier molecular flexibility index (Phi) is 7.26. The molecule has 0 radical (unpaired) electrons. The third-order valence-electron chi connectivity index (χ3n) is 4.30. The number of nitrogens with zero attached hydrogens (tertiary/aromatic N) is 2. The van der Waals surface area contributed by atoms with Crippen LogP contribution in [0, 0.1) is 0 Å². The highest BCUT2D eigenvalue weighted by Crippen LogP contribution is 2.19. The highest BCUT2D eigenvalue weighted by molar-refractivity contribution is 7.89. The standard InChI is InChI=1S/C20H29N3O4S/c1-6-23(7-2)28(25,26)18-12-19(22(5)14-18)20(24)21-13-16-8-10-17(11-9-16)27-15(3)4/h8-12,14-15H,6-7,13H2,1-5H3,(H,21,24). The molecule has 0 saturated heterocycles. The average Bonchev–Trinajstić information content (AvgIpc) is 3.04. The summed E-state index contributed by atoms with van der Waals surface area (Å²) in [6, 6.07) is 8.92. The Morgan fingerprint density at radius 1 is 1.18 bits per heavy atom. The highest BCUT2D eigenvalue weighted by Gasteiger charge is 2.25. The predicted octanol–water partition coefficient (Wildman–Crippen LogP) is 2.77. The Morgan fingerprint density at radius 3 is 2.32 bits per heavy atom. The lowest BCUT2D eigenvalue weighted by molar-refractivity contribution is 0.0942. The van der Waals surface area contributed by atoms with Crippen molar-refractivity contribution < 1.29 is 17.9 Å². The molecule has 0 fully saturated rings. The summed E-state index contributed by atoms with van der Waals surface area (Å²) in [6.45, 7) is 8.59. The zero-order valence-electron chi connectivity index (χ0n) is 17.1. The van der Waals surface area contributed by atoms with E-state index in [1.54, 1.807) is 20.9 Å². The van der Waals surface area contributed by atoms with Crippen molar-refractivity contribution in [3.63, 3.8) is 0 Å². The molecule has 0 aliphatic carbocycles. The largest absolute Gasteiger partial charge is 0.491 e. The van der Waals surface area contributed by atoms with Gasteiger partial charge in [0.05, 0.1) is 6.10 Å². The minimum Gasteiger partial charge on any atom is -0.491 e. The fourth-order valence-corrected chi connectivity index (χ4v) is 4.37. The first-order valence-electron chi connectivity index (χ1n) is 9.39. The summed E-state index contributed by atoms with van der Waals surface area (Å²) in [5.41, 5.74) is 1.22. The van der Waals surface area contributed by atoms with Gasteiger partial charge in [0.25, 0.3) is 5.91 Å². The molecule has 1 amide bonds. The van der Waals surface area contributed by atoms with Gasteiger partial charge in [0.15, 0.2) is 0 Å². The first-order chi connectivity index (χ1) is 13.2. The van der Waals surface area contributed by atoms with Gasteiger partial charge in [-0.05, 0) is 37.6 Å². The van der Waals surface area contributed by atoms with E-state index in [-0.39, 0.29) is 16.9 Å². The maximum Gasteiger partial charge on any atom is 0.268 e. The smallest absolute Gasteiger partial charge is 0.268 e. The molecule has 1 heterocycles. The minimum absolute atomic E-state index is 0.102. The van der Waals surface area contributed by atoms with Gasteiger partial charge < -0.3 is 14.6 Å². The van der Waals surface area contributed by atoms with Crippen molar-refractivity contribution in [2.75, 3.05) is 13.1 Å². The zero-order chi connectivity index (χ0) is 20.9. The van der Waals surface area contributed by atoms with E-state index in [9.17, 15) is 13.2 Å². The molecule has 1 aromatic heterocycles. The third kappa shape index (κ3) is 5.14. The van der Waals surface area contributed by atoms with Crippen LogP contribution < -0.4 is 10.1 Å². The number of carbonyl (C=O) groups excluding carboxylic acids is 1. The molecule has 0 unspecified atom stereocenters. The van der Waals surface area contributed by atoms with E-state index in [2.05, 4.69) is 5.32 Å². The number of nitrogens with one attached hydrogen (secondary N) is 1. The lowest BCUT2D eigenvalue weighted by Gasteiger charge is -2.17. The Hall–Kier alpha value is -2.32. The molecule has 2 aromatic rings. The van der Waals surface area contributed by atoms with E-state index >= 15 is 0 Å². The van der Waals surface area contributed by atoms with Gasteiger partial charge >= 0.3 is 0 Å². The van der Waals surface area contributed by atoms with Gasteiger partial charge in [-0.3, -0.25) is 4.79 Å². The number of ether oxygens (including phenoxy) is 1. The molecule has 154 valence electrons. The molecule has 0 aliphatic rings. The summed E-state index contributed by atoms with van der Waals surface area (Å²) in [5.74, 6) is 0.449. The third-order valence-corrected chi connectivity index (χ3v) is 6.32. The molecule has 28 heavy (non-hydrogen) atoms. The van der Waals surface area contributed by atoms with E-state index in [1.807, 2.05) is 38.1 Å². The number of sulfonamides is 1. The van der Waals surface area contributed by atoms with Gasteiger partial charge in [-0.25, -0.2) is 8.42 Å². The number of benzene rings is 1. The highest BCUT2D eigenvalue weighted by atomic mass is 32.2. The second kappa shape index (κ2) is 9.25. The Morgan fingerprint density at radius 2 is 1.79 bits per heavy atom. The van der Waals surface area contributed by atoms with Gasteiger partial charge in [0, 0.05) is 32.9 Å². The second-order valence-corrected chi connectivity index (χ2v) is 8.69. The van der Waals surface area contributed by atoms with Crippen molar-refractivity contribution in [2.45, 2.75) is 45.2 Å². The number of hydrogen-bond acceptors (Lipinski definition) is 4. The molecule has 2 rings (SSSR count). The van der Waals surface area contributed by atoms with E-state index in [4.69, 9.17) is 4.74 Å². The number of aryl methyl sites for hydroxylation is 1. The first-order valence-corrected chi connectivity index (χ1v) is 10.8. The predicted molar refractivity (Wildman–Crippen MR) is 109 cm³/mol. The SMILES string of the molecule is CCN(CC)S(=O)(=O)c1cc(C(=O)NCc2ccc(OC(C)C)cc2)n(C)c1. The molecule has 8 heteroatoms. The topological polar surface area (TPSA) is 80.6 Å². The summed E-state index contributed by atoms with van der Waals surface area (Å²) in [7, 11) is -1.94. The summed E-state index contributed by atoms with van der Waals surface area (Å²) < 4.78 is 33.8. The van der Waals surface area contributed by atoms with E-state index in [0.717, 1.165) is 11.3 Å². The van der Waals surface area contributed by atoms with Crippen LogP contribution in [0.4, 0.5) is 0 Å². The van der Waals surface area contributed by atoms with Crippen molar-refractivity contribution in [3.05, 3.63) is 47.8 Å². The number of hydrogen-bond donors (Lipinski definition) is 1. The van der Waals surface area contributed by atoms with Crippen LogP contribution in [0.15, 0.2) is 41.4 Å². The molecular weight excluding hydrogens is 378 g/mol. The Balaban J connectivity index is 2.08. The molecule has 0 saturated carbocycles. The van der Waals surface area contributed by atoms with Crippen LogP contribution in [-0.4, -0.2) is 42.4 Å². The maximum absolute atomic E-state index is 12.6. The first kappa shape index (κ1) is 22.0. The van der Waals surface area contributed by atoms with Gasteiger partial charge in [0.1, 0.15) is 16.3 Å². The summed E-state index contributed by atoms with van der Waals surface area (Å²) >= 11 is 0. The van der Waals surface area contributed by atoms with Crippen LogP contribution >= 0.6 is 0 Å². The van der Waals surface area contributed by atoms with Crippen LogP contribution in [0.3, 0.4) is 0 Å². The minimum atomic E-state index is -3.60. The lowest BCUT2D eigenvalue weighted by atomic mass is 10.2. The molecular formula is C20H29N3O4S. The normalized spacial score (nSPS) is 11.8. The van der Waals surface area contributed by atoms with E-state index in [0.29, 0.717) is 25.3 Å². The van der Waals surface area contributed by atoms with Crippen LogP contribution in [0.25, 0.3) is 0 Å². The van der Waals surface area contributed by atoms with Crippen LogP contribution in [0.5, 0.6) is 5.75 Å². The molecule has 0 atom stereocenters. The van der Waals surface area contributed by atoms with Gasteiger partial charge in [-0.2, -0.15) is 4.31 Å². The molecule has 1 N–H and O–H groups in total. The molecule has 7 nitrogen and oxygen atoms in total. The molecule has 1 aromatic carbocycles. The quantitative estimate of drug-likeness (QED) is 0.693. The summed E-state index contributed by atoms with van der Waals surface area (Å²) in [4.78, 5) is 12.7. The molecule has 0 spiro atoms. The van der Waals surface area contributed by atoms with Crippen LogP contribution in [0.2, 0.25) is 0 Å². The number of carbonyl (C=O) groups is 1. The van der Waals surface area contributed by atoms with Crippen molar-refractivity contribution in [2.24, 2.45) is 7.05 Å². The van der Waals surface area contributed by atoms with Gasteiger partial charge in [-0.1, -0.05) is 26.0 Å².